The number of primary amides is 1. The third-order valence-corrected chi connectivity index (χ3v) is 3.05. The van der Waals surface area contributed by atoms with E-state index in [2.05, 4.69) is 0 Å². The molecule has 7 nitrogen and oxygen atoms in total. The predicted octanol–water partition coefficient (Wildman–Crippen LogP) is 1.40. The molecule has 4 N–H and O–H groups in total. The van der Waals surface area contributed by atoms with Gasteiger partial charge in [-0.25, -0.2) is 4.39 Å². The van der Waals surface area contributed by atoms with E-state index in [1.165, 1.54) is 19.9 Å². The van der Waals surface area contributed by atoms with E-state index in [4.69, 9.17) is 16.2 Å². The Morgan fingerprint density at radius 2 is 2.14 bits per heavy atom. The highest BCUT2D eigenvalue weighted by Gasteiger charge is 2.29. The molecule has 0 aromatic heterocycles. The van der Waals surface area contributed by atoms with E-state index in [0.717, 1.165) is 6.07 Å². The van der Waals surface area contributed by atoms with E-state index in [1.54, 1.807) is 6.92 Å². The fourth-order valence-corrected chi connectivity index (χ4v) is 1.89. The number of benzene rings is 1. The van der Waals surface area contributed by atoms with Crippen LogP contribution >= 0.6 is 0 Å². The van der Waals surface area contributed by atoms with Crippen LogP contribution in [0.4, 0.5) is 10.1 Å². The number of halogens is 1. The van der Waals surface area contributed by atoms with E-state index in [0.29, 0.717) is 0 Å². The number of hydrogen-bond donors (Lipinski definition) is 2. The van der Waals surface area contributed by atoms with Crippen molar-refractivity contribution in [2.45, 2.75) is 38.8 Å². The molecule has 0 spiro atoms. The van der Waals surface area contributed by atoms with Crippen LogP contribution in [0.3, 0.4) is 0 Å². The van der Waals surface area contributed by atoms with Crippen LogP contribution in [0.1, 0.15) is 25.8 Å². The molecule has 0 heterocycles. The molecule has 1 aromatic rings. The summed E-state index contributed by atoms with van der Waals surface area (Å²) in [6.07, 6.45) is -0.513. The minimum absolute atomic E-state index is 0.0812. The van der Waals surface area contributed by atoms with Gasteiger partial charge in [0.15, 0.2) is 11.6 Å². The lowest BCUT2D eigenvalue weighted by molar-refractivity contribution is -0.385. The molecule has 0 fully saturated rings. The number of ether oxygens (including phenoxy) is 1. The second-order valence-corrected chi connectivity index (χ2v) is 5.24. The highest BCUT2D eigenvalue weighted by atomic mass is 19.1. The van der Waals surface area contributed by atoms with E-state index in [-0.39, 0.29) is 23.4 Å². The summed E-state index contributed by atoms with van der Waals surface area (Å²) < 4.78 is 19.2. The van der Waals surface area contributed by atoms with Crippen molar-refractivity contribution in [2.75, 3.05) is 0 Å². The summed E-state index contributed by atoms with van der Waals surface area (Å²) >= 11 is 0. The summed E-state index contributed by atoms with van der Waals surface area (Å²) in [5, 5.41) is 10.7. The SMILES string of the molecule is Cc1cc(OC(C)CC(C)(N)C(N)=O)c(F)cc1[N+](=O)[O-]. The number of carbonyl (C=O) groups excluding carboxylic acids is 1. The molecule has 1 aromatic carbocycles. The van der Waals surface area contributed by atoms with Crippen LogP contribution in [-0.4, -0.2) is 22.5 Å². The summed E-state index contributed by atoms with van der Waals surface area (Å²) in [5.41, 5.74) is 9.52. The summed E-state index contributed by atoms with van der Waals surface area (Å²) in [7, 11) is 0. The second kappa shape index (κ2) is 6.04. The van der Waals surface area contributed by atoms with Gasteiger partial charge in [-0.3, -0.25) is 14.9 Å². The van der Waals surface area contributed by atoms with Crippen LogP contribution in [0.5, 0.6) is 5.75 Å². The highest BCUT2D eigenvalue weighted by Crippen LogP contribution is 2.28. The number of rotatable bonds is 6. The van der Waals surface area contributed by atoms with E-state index in [9.17, 15) is 19.3 Å². The fourth-order valence-electron chi connectivity index (χ4n) is 1.89. The normalized spacial score (nSPS) is 15.1. The summed E-state index contributed by atoms with van der Waals surface area (Å²) in [6.45, 7) is 4.53. The molecule has 0 saturated heterocycles. The molecule has 0 radical (unpaired) electrons. The van der Waals surface area contributed by atoms with Gasteiger partial charge >= 0.3 is 0 Å². The van der Waals surface area contributed by atoms with Crippen LogP contribution in [-0.2, 0) is 4.79 Å². The number of carbonyl (C=O) groups is 1. The lowest BCUT2D eigenvalue weighted by atomic mass is 9.95. The standard InChI is InChI=1S/C13H18FN3O4/c1-7-4-11(9(14)5-10(7)17(19)20)21-8(2)6-13(3,16)12(15)18/h4-5,8H,6,16H2,1-3H3,(H2,15,18). The summed E-state index contributed by atoms with van der Waals surface area (Å²) in [5.74, 6) is -1.68. The third-order valence-electron chi connectivity index (χ3n) is 3.05. The Labute approximate surface area is 121 Å². The first kappa shape index (κ1) is 16.8. The molecule has 0 saturated carbocycles. The lowest BCUT2D eigenvalue weighted by Gasteiger charge is -2.25. The average molecular weight is 299 g/mol. The quantitative estimate of drug-likeness (QED) is 0.607. The van der Waals surface area contributed by atoms with Crippen molar-refractivity contribution in [1.29, 1.82) is 0 Å². The van der Waals surface area contributed by atoms with E-state index in [1.807, 2.05) is 0 Å². The zero-order chi connectivity index (χ0) is 16.4. The lowest BCUT2D eigenvalue weighted by Crippen LogP contribution is -2.51. The molecule has 1 amide bonds. The number of amides is 1. The zero-order valence-corrected chi connectivity index (χ0v) is 12.1. The molecule has 0 aliphatic rings. The van der Waals surface area contributed by atoms with Crippen LogP contribution < -0.4 is 16.2 Å². The largest absolute Gasteiger partial charge is 0.488 e. The first-order chi connectivity index (χ1) is 9.54. The number of nitro groups is 1. The Kier molecular flexibility index (Phi) is 4.84. The number of nitrogens with two attached hydrogens (primary N) is 2. The van der Waals surface area contributed by atoms with Gasteiger partial charge < -0.3 is 16.2 Å². The maximum atomic E-state index is 13.8. The van der Waals surface area contributed by atoms with Crippen molar-refractivity contribution in [3.63, 3.8) is 0 Å². The van der Waals surface area contributed by atoms with Crippen molar-refractivity contribution in [2.24, 2.45) is 11.5 Å². The Morgan fingerprint density at radius 1 is 1.57 bits per heavy atom. The molecule has 2 unspecified atom stereocenters. The van der Waals surface area contributed by atoms with Gasteiger partial charge in [0.1, 0.15) is 0 Å². The van der Waals surface area contributed by atoms with Gasteiger partial charge in [0.05, 0.1) is 22.6 Å². The first-order valence-electron chi connectivity index (χ1n) is 6.24. The van der Waals surface area contributed by atoms with Crippen molar-refractivity contribution in [1.82, 2.24) is 0 Å². The number of nitrogens with zero attached hydrogens (tertiary/aromatic N) is 1. The molecule has 0 aliphatic heterocycles. The maximum absolute atomic E-state index is 13.8. The zero-order valence-electron chi connectivity index (χ0n) is 12.1. The van der Waals surface area contributed by atoms with Crippen LogP contribution in [0.25, 0.3) is 0 Å². The molecule has 0 bridgehead atoms. The first-order valence-corrected chi connectivity index (χ1v) is 6.24. The number of aryl methyl sites for hydroxylation is 1. The Morgan fingerprint density at radius 3 is 2.62 bits per heavy atom. The van der Waals surface area contributed by atoms with Crippen LogP contribution in [0, 0.1) is 22.9 Å². The Bertz CT molecular complexity index is 575. The van der Waals surface area contributed by atoms with Gasteiger partial charge in [-0.05, 0) is 26.8 Å². The van der Waals surface area contributed by atoms with E-state index < -0.39 is 28.3 Å². The molecular formula is C13H18FN3O4. The van der Waals surface area contributed by atoms with E-state index >= 15 is 0 Å². The summed E-state index contributed by atoms with van der Waals surface area (Å²) in [6, 6.07) is 2.04. The van der Waals surface area contributed by atoms with Gasteiger partial charge in [0.25, 0.3) is 5.69 Å². The predicted molar refractivity (Wildman–Crippen MR) is 74.3 cm³/mol. The second-order valence-electron chi connectivity index (χ2n) is 5.24. The van der Waals surface area contributed by atoms with Crippen molar-refractivity contribution >= 4 is 11.6 Å². The number of nitro benzene ring substituents is 1. The third kappa shape index (κ3) is 4.12. The van der Waals surface area contributed by atoms with Crippen molar-refractivity contribution < 1.29 is 18.8 Å². The fraction of sp³-hybridized carbons (Fsp3) is 0.462. The van der Waals surface area contributed by atoms with Crippen molar-refractivity contribution in [3.8, 4) is 5.75 Å². The van der Waals surface area contributed by atoms with Gasteiger partial charge in [0, 0.05) is 12.0 Å². The maximum Gasteiger partial charge on any atom is 0.275 e. The molecule has 8 heteroatoms. The monoisotopic (exact) mass is 299 g/mol. The average Bonchev–Trinajstić information content (AvgIpc) is 2.31. The minimum Gasteiger partial charge on any atom is -0.488 e. The Balaban J connectivity index is 2.91. The molecule has 0 aliphatic carbocycles. The van der Waals surface area contributed by atoms with Crippen LogP contribution in [0.2, 0.25) is 0 Å². The van der Waals surface area contributed by atoms with Crippen LogP contribution in [0.15, 0.2) is 12.1 Å². The molecular weight excluding hydrogens is 281 g/mol. The minimum atomic E-state index is -1.29. The molecule has 21 heavy (non-hydrogen) atoms. The molecule has 2 atom stereocenters. The van der Waals surface area contributed by atoms with Gasteiger partial charge in [-0.1, -0.05) is 0 Å². The Hall–Kier alpha value is -2.22. The van der Waals surface area contributed by atoms with Crippen molar-refractivity contribution in [3.05, 3.63) is 33.6 Å². The van der Waals surface area contributed by atoms with Gasteiger partial charge in [0.2, 0.25) is 5.91 Å². The molecule has 116 valence electrons. The number of hydrogen-bond acceptors (Lipinski definition) is 5. The highest BCUT2D eigenvalue weighted by molar-refractivity contribution is 5.83. The molecule has 1 rings (SSSR count). The van der Waals surface area contributed by atoms with Gasteiger partial charge in [-0.2, -0.15) is 0 Å². The smallest absolute Gasteiger partial charge is 0.275 e. The topological polar surface area (TPSA) is 121 Å². The van der Waals surface area contributed by atoms with Gasteiger partial charge in [-0.15, -0.1) is 0 Å². The summed E-state index contributed by atoms with van der Waals surface area (Å²) in [4.78, 5) is 21.2.